The molecule has 1 aromatic carbocycles. The zero-order valence-electron chi connectivity index (χ0n) is 10.9. The molecule has 1 aliphatic rings. The van der Waals surface area contributed by atoms with Crippen LogP contribution < -0.4 is 0 Å². The molecule has 0 heterocycles. The van der Waals surface area contributed by atoms with E-state index in [0.29, 0.717) is 12.5 Å². The van der Waals surface area contributed by atoms with Crippen molar-refractivity contribution < 1.29 is 12.6 Å². The molecule has 1 aromatic rings. The summed E-state index contributed by atoms with van der Waals surface area (Å²) in [5.41, 5.74) is 1.04. The van der Waals surface area contributed by atoms with Crippen molar-refractivity contribution in [3.05, 3.63) is 29.8 Å². The van der Waals surface area contributed by atoms with Gasteiger partial charge in [-0.05, 0) is 43.7 Å². The Hall–Kier alpha value is -0.870. The Morgan fingerprint density at radius 3 is 2.44 bits per heavy atom. The molecule has 100 valence electrons. The molecule has 0 N–H and O–H groups in total. The summed E-state index contributed by atoms with van der Waals surface area (Å²) in [6, 6.07) is 6.75. The number of aryl methyl sites for hydroxylation is 1. The Labute approximate surface area is 109 Å². The Bertz CT molecular complexity index is 490. The lowest BCUT2D eigenvalue weighted by molar-refractivity contribution is 0.301. The highest BCUT2D eigenvalue weighted by Gasteiger charge is 2.34. The van der Waals surface area contributed by atoms with Crippen LogP contribution in [-0.4, -0.2) is 15.0 Å². The third-order valence-corrected chi connectivity index (χ3v) is 4.96. The first-order valence-corrected chi connectivity index (χ1v) is 7.90. The van der Waals surface area contributed by atoms with E-state index in [4.69, 9.17) is 4.18 Å². The second-order valence-corrected chi connectivity index (χ2v) is 6.66. The van der Waals surface area contributed by atoms with E-state index < -0.39 is 10.1 Å². The Morgan fingerprint density at radius 2 is 1.89 bits per heavy atom. The van der Waals surface area contributed by atoms with E-state index in [1.54, 1.807) is 24.3 Å². The van der Waals surface area contributed by atoms with Crippen molar-refractivity contribution in [1.82, 2.24) is 0 Å². The van der Waals surface area contributed by atoms with E-state index >= 15 is 0 Å². The van der Waals surface area contributed by atoms with Crippen molar-refractivity contribution in [2.45, 2.75) is 38.0 Å². The summed E-state index contributed by atoms with van der Waals surface area (Å²) >= 11 is 0. The predicted octanol–water partition coefficient (Wildman–Crippen LogP) is 3.14. The second kappa shape index (κ2) is 5.41. The van der Waals surface area contributed by atoms with Gasteiger partial charge in [0.2, 0.25) is 0 Å². The Morgan fingerprint density at radius 1 is 1.22 bits per heavy atom. The zero-order valence-corrected chi connectivity index (χ0v) is 11.7. The normalized spacial score (nSPS) is 23.0. The van der Waals surface area contributed by atoms with Crippen LogP contribution in [-0.2, 0) is 14.3 Å². The van der Waals surface area contributed by atoms with Gasteiger partial charge < -0.3 is 0 Å². The summed E-state index contributed by atoms with van der Waals surface area (Å²) in [6.07, 6.45) is 3.27. The van der Waals surface area contributed by atoms with Gasteiger partial charge in [0.05, 0.1) is 11.5 Å². The SMILES string of the molecule is CC[C@@H]1C[C@H]1CCOS(=O)(=O)c1ccc(C)cc1. The molecule has 0 amide bonds. The molecule has 0 unspecified atom stereocenters. The fraction of sp³-hybridized carbons (Fsp3) is 0.571. The van der Waals surface area contributed by atoms with Crippen LogP contribution in [0, 0.1) is 18.8 Å². The summed E-state index contributed by atoms with van der Waals surface area (Å²) < 4.78 is 28.8. The number of hydrogen-bond donors (Lipinski definition) is 0. The van der Waals surface area contributed by atoms with Gasteiger partial charge in [-0.15, -0.1) is 0 Å². The molecule has 1 aliphatic carbocycles. The molecule has 18 heavy (non-hydrogen) atoms. The first-order chi connectivity index (χ1) is 8.53. The third-order valence-electron chi connectivity index (χ3n) is 3.63. The maximum absolute atomic E-state index is 11.9. The molecule has 0 aromatic heterocycles. The lowest BCUT2D eigenvalue weighted by Gasteiger charge is -2.05. The van der Waals surface area contributed by atoms with Crippen LogP contribution in [0.25, 0.3) is 0 Å². The quantitative estimate of drug-likeness (QED) is 0.744. The van der Waals surface area contributed by atoms with Gasteiger partial charge in [0, 0.05) is 0 Å². The van der Waals surface area contributed by atoms with Crippen molar-refractivity contribution >= 4 is 10.1 Å². The monoisotopic (exact) mass is 268 g/mol. The van der Waals surface area contributed by atoms with Crippen molar-refractivity contribution in [2.75, 3.05) is 6.61 Å². The second-order valence-electron chi connectivity index (χ2n) is 5.04. The fourth-order valence-corrected chi connectivity index (χ4v) is 3.17. The largest absolute Gasteiger partial charge is 0.296 e. The Balaban J connectivity index is 1.86. The highest BCUT2D eigenvalue weighted by atomic mass is 32.2. The zero-order chi connectivity index (χ0) is 13.2. The van der Waals surface area contributed by atoms with Crippen LogP contribution >= 0.6 is 0 Å². The number of benzene rings is 1. The van der Waals surface area contributed by atoms with Gasteiger partial charge in [-0.25, -0.2) is 0 Å². The topological polar surface area (TPSA) is 43.4 Å². The number of rotatable bonds is 6. The molecule has 0 bridgehead atoms. The van der Waals surface area contributed by atoms with Gasteiger partial charge >= 0.3 is 0 Å². The van der Waals surface area contributed by atoms with Crippen molar-refractivity contribution in [2.24, 2.45) is 11.8 Å². The Kier molecular flexibility index (Phi) is 4.07. The van der Waals surface area contributed by atoms with Gasteiger partial charge in [0.25, 0.3) is 10.1 Å². The van der Waals surface area contributed by atoms with Crippen LogP contribution in [0.2, 0.25) is 0 Å². The summed E-state index contributed by atoms with van der Waals surface area (Å²) in [4.78, 5) is 0.246. The summed E-state index contributed by atoms with van der Waals surface area (Å²) in [5, 5.41) is 0. The van der Waals surface area contributed by atoms with E-state index in [9.17, 15) is 8.42 Å². The van der Waals surface area contributed by atoms with Gasteiger partial charge in [0.1, 0.15) is 0 Å². The van der Waals surface area contributed by atoms with Crippen molar-refractivity contribution in [1.29, 1.82) is 0 Å². The van der Waals surface area contributed by atoms with Gasteiger partial charge in [-0.2, -0.15) is 8.42 Å². The molecule has 4 heteroatoms. The average molecular weight is 268 g/mol. The van der Waals surface area contributed by atoms with Crippen LogP contribution in [0.15, 0.2) is 29.2 Å². The minimum atomic E-state index is -3.57. The van der Waals surface area contributed by atoms with Crippen molar-refractivity contribution in [3.63, 3.8) is 0 Å². The third kappa shape index (κ3) is 3.33. The summed E-state index contributed by atoms with van der Waals surface area (Å²) in [5.74, 6) is 1.46. The molecule has 0 saturated heterocycles. The van der Waals surface area contributed by atoms with Crippen molar-refractivity contribution in [3.8, 4) is 0 Å². The summed E-state index contributed by atoms with van der Waals surface area (Å²) in [7, 11) is -3.57. The van der Waals surface area contributed by atoms with Gasteiger partial charge in [-0.1, -0.05) is 31.0 Å². The first kappa shape index (κ1) is 13.6. The van der Waals surface area contributed by atoms with Crippen LogP contribution in [0.5, 0.6) is 0 Å². The molecule has 1 saturated carbocycles. The minimum absolute atomic E-state index is 0.246. The molecular formula is C14H20O3S. The molecule has 0 radical (unpaired) electrons. The molecule has 0 spiro atoms. The number of hydrogen-bond acceptors (Lipinski definition) is 3. The van der Waals surface area contributed by atoms with E-state index in [-0.39, 0.29) is 4.90 Å². The van der Waals surface area contributed by atoms with E-state index in [0.717, 1.165) is 17.9 Å². The maximum atomic E-state index is 11.9. The highest BCUT2D eigenvalue weighted by molar-refractivity contribution is 7.86. The lowest BCUT2D eigenvalue weighted by Crippen LogP contribution is -2.08. The maximum Gasteiger partial charge on any atom is 0.296 e. The molecule has 2 rings (SSSR count). The van der Waals surface area contributed by atoms with Crippen LogP contribution in [0.3, 0.4) is 0 Å². The average Bonchev–Trinajstić information content (AvgIpc) is 3.08. The first-order valence-electron chi connectivity index (χ1n) is 6.49. The molecule has 1 fully saturated rings. The van der Waals surface area contributed by atoms with Gasteiger partial charge in [-0.3, -0.25) is 4.18 Å². The van der Waals surface area contributed by atoms with Gasteiger partial charge in [0.15, 0.2) is 0 Å². The van der Waals surface area contributed by atoms with E-state index in [1.165, 1.54) is 12.8 Å². The summed E-state index contributed by atoms with van der Waals surface area (Å²) in [6.45, 7) is 4.40. The predicted molar refractivity (Wildman–Crippen MR) is 70.8 cm³/mol. The van der Waals surface area contributed by atoms with Crippen LogP contribution in [0.4, 0.5) is 0 Å². The highest BCUT2D eigenvalue weighted by Crippen LogP contribution is 2.43. The van der Waals surface area contributed by atoms with Crippen LogP contribution in [0.1, 0.15) is 31.7 Å². The van der Waals surface area contributed by atoms with E-state index in [1.807, 2.05) is 6.92 Å². The molecule has 3 nitrogen and oxygen atoms in total. The smallest absolute Gasteiger partial charge is 0.266 e. The standard InChI is InChI=1S/C14H20O3S/c1-3-12-10-13(12)8-9-17-18(15,16)14-6-4-11(2)5-7-14/h4-7,12-13H,3,8-10H2,1-2H3/t12-,13-/m1/s1. The molecular weight excluding hydrogens is 248 g/mol. The lowest BCUT2D eigenvalue weighted by atomic mass is 10.2. The molecule has 2 atom stereocenters. The minimum Gasteiger partial charge on any atom is -0.266 e. The fourth-order valence-electron chi connectivity index (χ4n) is 2.25. The van der Waals surface area contributed by atoms with E-state index in [2.05, 4.69) is 6.92 Å². The molecule has 0 aliphatic heterocycles.